The summed E-state index contributed by atoms with van der Waals surface area (Å²) in [5.74, 6) is 0.409. The monoisotopic (exact) mass is 298 g/mol. The predicted molar refractivity (Wildman–Crippen MR) is 82.2 cm³/mol. The summed E-state index contributed by atoms with van der Waals surface area (Å²) in [5, 5.41) is 9.55. The van der Waals surface area contributed by atoms with E-state index < -0.39 is 5.60 Å². The van der Waals surface area contributed by atoms with E-state index in [-0.39, 0.29) is 12.7 Å². The second-order valence-corrected chi connectivity index (χ2v) is 7.30. The Labute approximate surface area is 128 Å². The van der Waals surface area contributed by atoms with Gasteiger partial charge in [0.05, 0.1) is 0 Å². The SMILES string of the molecule is CC(C)(C)OC(=O)N1CCN(C2CCCCC2CO)CC1. The number of piperazine rings is 1. The molecule has 5 nitrogen and oxygen atoms in total. The van der Waals surface area contributed by atoms with Gasteiger partial charge in [-0.25, -0.2) is 4.79 Å². The Hall–Kier alpha value is -0.810. The number of ether oxygens (including phenoxy) is 1. The van der Waals surface area contributed by atoms with Crippen molar-refractivity contribution in [1.29, 1.82) is 0 Å². The second kappa shape index (κ2) is 6.97. The van der Waals surface area contributed by atoms with Crippen molar-refractivity contribution in [2.45, 2.75) is 58.1 Å². The number of carbonyl (C=O) groups is 1. The average Bonchev–Trinajstić information content (AvgIpc) is 2.45. The first-order valence-electron chi connectivity index (χ1n) is 8.23. The molecule has 2 aliphatic rings. The Morgan fingerprint density at radius 1 is 1.14 bits per heavy atom. The quantitative estimate of drug-likeness (QED) is 0.848. The van der Waals surface area contributed by atoms with Crippen LogP contribution in [0, 0.1) is 5.92 Å². The minimum atomic E-state index is -0.431. The van der Waals surface area contributed by atoms with Crippen LogP contribution in [-0.2, 0) is 4.74 Å². The third-order valence-corrected chi connectivity index (χ3v) is 4.54. The van der Waals surface area contributed by atoms with Crippen LogP contribution in [0.1, 0.15) is 46.5 Å². The first-order valence-corrected chi connectivity index (χ1v) is 8.23. The molecule has 122 valence electrons. The zero-order valence-corrected chi connectivity index (χ0v) is 13.7. The van der Waals surface area contributed by atoms with Crippen molar-refractivity contribution < 1.29 is 14.6 Å². The van der Waals surface area contributed by atoms with Gasteiger partial charge >= 0.3 is 6.09 Å². The highest BCUT2D eigenvalue weighted by Gasteiger charge is 2.33. The summed E-state index contributed by atoms with van der Waals surface area (Å²) in [4.78, 5) is 16.3. The molecule has 2 atom stereocenters. The van der Waals surface area contributed by atoms with E-state index in [0.29, 0.717) is 12.0 Å². The smallest absolute Gasteiger partial charge is 0.410 e. The molecule has 0 bridgehead atoms. The van der Waals surface area contributed by atoms with Crippen molar-refractivity contribution in [2.75, 3.05) is 32.8 Å². The number of carbonyl (C=O) groups excluding carboxylic acids is 1. The highest BCUT2D eigenvalue weighted by atomic mass is 16.6. The van der Waals surface area contributed by atoms with Gasteiger partial charge in [0.25, 0.3) is 0 Å². The van der Waals surface area contributed by atoms with Crippen molar-refractivity contribution in [3.8, 4) is 0 Å². The molecular formula is C16H30N2O3. The van der Waals surface area contributed by atoms with E-state index in [1.165, 1.54) is 19.3 Å². The summed E-state index contributed by atoms with van der Waals surface area (Å²) in [6.45, 7) is 9.21. The van der Waals surface area contributed by atoms with Crippen LogP contribution >= 0.6 is 0 Å². The van der Waals surface area contributed by atoms with E-state index in [1.54, 1.807) is 4.90 Å². The molecule has 0 aromatic carbocycles. The highest BCUT2D eigenvalue weighted by Crippen LogP contribution is 2.29. The molecule has 0 spiro atoms. The lowest BCUT2D eigenvalue weighted by atomic mass is 9.84. The van der Waals surface area contributed by atoms with E-state index in [0.717, 1.165) is 32.6 Å². The van der Waals surface area contributed by atoms with Gasteiger partial charge in [-0.3, -0.25) is 4.90 Å². The summed E-state index contributed by atoms with van der Waals surface area (Å²) in [6, 6.07) is 0.490. The number of hydrogen-bond donors (Lipinski definition) is 1. The van der Waals surface area contributed by atoms with Crippen LogP contribution < -0.4 is 0 Å². The summed E-state index contributed by atoms with van der Waals surface area (Å²) in [6.07, 6.45) is 4.60. The highest BCUT2D eigenvalue weighted by molar-refractivity contribution is 5.68. The third-order valence-electron chi connectivity index (χ3n) is 4.54. The second-order valence-electron chi connectivity index (χ2n) is 7.30. The molecule has 1 heterocycles. The van der Waals surface area contributed by atoms with Crippen LogP contribution in [0.4, 0.5) is 4.79 Å². The van der Waals surface area contributed by atoms with Crippen LogP contribution in [0.2, 0.25) is 0 Å². The Bertz CT molecular complexity index is 346. The Morgan fingerprint density at radius 2 is 1.76 bits per heavy atom. The third kappa shape index (κ3) is 4.58. The van der Waals surface area contributed by atoms with Gasteiger partial charge in [-0.05, 0) is 39.5 Å². The van der Waals surface area contributed by atoms with Crippen molar-refractivity contribution in [3.63, 3.8) is 0 Å². The first-order chi connectivity index (χ1) is 9.90. The van der Waals surface area contributed by atoms with Crippen LogP contribution in [-0.4, -0.2) is 65.4 Å². The number of rotatable bonds is 2. The van der Waals surface area contributed by atoms with Crippen LogP contribution in [0.3, 0.4) is 0 Å². The van der Waals surface area contributed by atoms with E-state index in [9.17, 15) is 9.90 Å². The zero-order chi connectivity index (χ0) is 15.5. The molecule has 2 fully saturated rings. The number of amides is 1. The van der Waals surface area contributed by atoms with Crippen LogP contribution in [0.15, 0.2) is 0 Å². The van der Waals surface area contributed by atoms with Gasteiger partial charge in [0.15, 0.2) is 0 Å². The van der Waals surface area contributed by atoms with Crippen molar-refractivity contribution in [1.82, 2.24) is 9.80 Å². The maximum Gasteiger partial charge on any atom is 0.410 e. The van der Waals surface area contributed by atoms with Gasteiger partial charge in [0.2, 0.25) is 0 Å². The molecule has 21 heavy (non-hydrogen) atoms. The molecule has 1 aliphatic carbocycles. The normalized spacial score (nSPS) is 28.5. The first kappa shape index (κ1) is 16.6. The molecule has 1 aliphatic heterocycles. The van der Waals surface area contributed by atoms with Gasteiger partial charge < -0.3 is 14.7 Å². The van der Waals surface area contributed by atoms with E-state index in [4.69, 9.17) is 4.74 Å². The fourth-order valence-corrected chi connectivity index (χ4v) is 3.44. The molecule has 5 heteroatoms. The molecule has 2 unspecified atom stereocenters. The predicted octanol–water partition coefficient (Wildman–Crippen LogP) is 2.09. The molecule has 1 N–H and O–H groups in total. The lowest BCUT2D eigenvalue weighted by Gasteiger charge is -2.43. The fourth-order valence-electron chi connectivity index (χ4n) is 3.44. The van der Waals surface area contributed by atoms with Crippen molar-refractivity contribution >= 4 is 6.09 Å². The summed E-state index contributed by atoms with van der Waals surface area (Å²) >= 11 is 0. The number of aliphatic hydroxyl groups excluding tert-OH is 1. The Kier molecular flexibility index (Phi) is 5.49. The number of nitrogens with zero attached hydrogens (tertiary/aromatic N) is 2. The Balaban J connectivity index is 1.83. The average molecular weight is 298 g/mol. The minimum Gasteiger partial charge on any atom is -0.444 e. The molecule has 2 rings (SSSR count). The maximum absolute atomic E-state index is 12.1. The standard InChI is InChI=1S/C16H30N2O3/c1-16(2,3)21-15(20)18-10-8-17(9-11-18)14-7-5-4-6-13(14)12-19/h13-14,19H,4-12H2,1-3H3. The fraction of sp³-hybridized carbons (Fsp3) is 0.938. The van der Waals surface area contributed by atoms with E-state index in [1.807, 2.05) is 20.8 Å². The molecule has 0 aromatic heterocycles. The van der Waals surface area contributed by atoms with Gasteiger partial charge in [0.1, 0.15) is 5.60 Å². The lowest BCUT2D eigenvalue weighted by molar-refractivity contribution is -0.00197. The van der Waals surface area contributed by atoms with Gasteiger partial charge in [-0.15, -0.1) is 0 Å². The largest absolute Gasteiger partial charge is 0.444 e. The van der Waals surface area contributed by atoms with Gasteiger partial charge in [0, 0.05) is 38.8 Å². The summed E-state index contributed by atoms with van der Waals surface area (Å²) < 4.78 is 5.43. The summed E-state index contributed by atoms with van der Waals surface area (Å²) in [7, 11) is 0. The van der Waals surface area contributed by atoms with Crippen molar-refractivity contribution in [2.24, 2.45) is 5.92 Å². The van der Waals surface area contributed by atoms with Crippen molar-refractivity contribution in [3.05, 3.63) is 0 Å². The molecular weight excluding hydrogens is 268 g/mol. The zero-order valence-electron chi connectivity index (χ0n) is 13.7. The van der Waals surface area contributed by atoms with Gasteiger partial charge in [-0.2, -0.15) is 0 Å². The molecule has 0 aromatic rings. The molecule has 0 radical (unpaired) electrons. The molecule has 1 saturated carbocycles. The molecule has 1 amide bonds. The minimum absolute atomic E-state index is 0.204. The number of hydrogen-bond acceptors (Lipinski definition) is 4. The van der Waals surface area contributed by atoms with Gasteiger partial charge in [-0.1, -0.05) is 12.8 Å². The lowest BCUT2D eigenvalue weighted by Crippen LogP contribution is -2.55. The van der Waals surface area contributed by atoms with E-state index in [2.05, 4.69) is 4.90 Å². The van der Waals surface area contributed by atoms with Crippen LogP contribution in [0.5, 0.6) is 0 Å². The summed E-state index contributed by atoms with van der Waals surface area (Å²) in [5.41, 5.74) is -0.431. The van der Waals surface area contributed by atoms with Crippen LogP contribution in [0.25, 0.3) is 0 Å². The topological polar surface area (TPSA) is 53.0 Å². The molecule has 1 saturated heterocycles. The number of aliphatic hydroxyl groups is 1. The Morgan fingerprint density at radius 3 is 2.33 bits per heavy atom. The maximum atomic E-state index is 12.1. The van der Waals surface area contributed by atoms with E-state index >= 15 is 0 Å².